The molecule has 1 heterocycles. The molecule has 0 saturated carbocycles. The van der Waals surface area contributed by atoms with E-state index in [1.54, 1.807) is 11.9 Å². The number of aromatic nitrogens is 3. The van der Waals surface area contributed by atoms with E-state index >= 15 is 0 Å². The topological polar surface area (TPSA) is 63.1 Å². The minimum Gasteiger partial charge on any atom is -0.345 e. The molecule has 1 atom stereocenters. The fourth-order valence-corrected chi connectivity index (χ4v) is 1.51. The number of amides is 1. The third-order valence-corrected chi connectivity index (χ3v) is 2.78. The molecule has 0 spiro atoms. The van der Waals surface area contributed by atoms with Crippen LogP contribution in [0.2, 0.25) is 0 Å². The summed E-state index contributed by atoms with van der Waals surface area (Å²) < 4.78 is 1.81. The second kappa shape index (κ2) is 6.34. The van der Waals surface area contributed by atoms with E-state index in [0.717, 1.165) is 18.9 Å². The minimum atomic E-state index is -0.207. The lowest BCUT2D eigenvalue weighted by Crippen LogP contribution is -2.43. The predicted molar refractivity (Wildman–Crippen MR) is 65.3 cm³/mol. The van der Waals surface area contributed by atoms with Crippen molar-refractivity contribution in [3.05, 3.63) is 12.2 Å². The van der Waals surface area contributed by atoms with Crippen molar-refractivity contribution in [1.29, 1.82) is 0 Å². The lowest BCUT2D eigenvalue weighted by atomic mass is 10.3. The number of aryl methyl sites for hydroxylation is 1. The Kier molecular flexibility index (Phi) is 5.09. The molecule has 0 bridgehead atoms. The number of carbonyl (C=O) groups is 1. The summed E-state index contributed by atoms with van der Waals surface area (Å²) in [7, 11) is 1.80. The van der Waals surface area contributed by atoms with Gasteiger partial charge in [-0.05, 0) is 20.8 Å². The molecule has 0 aromatic carbocycles. The molecule has 96 valence electrons. The quantitative estimate of drug-likeness (QED) is 0.773. The molecule has 1 aromatic rings. The SMILES string of the molecule is CCN(C)C(=O)C(C)NCc1ncnn1CC. The van der Waals surface area contributed by atoms with E-state index in [-0.39, 0.29) is 11.9 Å². The summed E-state index contributed by atoms with van der Waals surface area (Å²) in [5, 5.41) is 7.24. The molecule has 0 aliphatic heterocycles. The van der Waals surface area contributed by atoms with E-state index in [1.165, 1.54) is 6.33 Å². The zero-order valence-electron chi connectivity index (χ0n) is 11.0. The van der Waals surface area contributed by atoms with Crippen LogP contribution in [0.3, 0.4) is 0 Å². The molecule has 17 heavy (non-hydrogen) atoms. The van der Waals surface area contributed by atoms with E-state index in [0.29, 0.717) is 6.54 Å². The highest BCUT2D eigenvalue weighted by Crippen LogP contribution is 1.96. The van der Waals surface area contributed by atoms with Gasteiger partial charge in [0.2, 0.25) is 5.91 Å². The lowest BCUT2D eigenvalue weighted by molar-refractivity contribution is -0.131. The van der Waals surface area contributed by atoms with E-state index in [4.69, 9.17) is 0 Å². The van der Waals surface area contributed by atoms with Gasteiger partial charge in [-0.15, -0.1) is 0 Å². The van der Waals surface area contributed by atoms with Crippen LogP contribution in [0.1, 0.15) is 26.6 Å². The number of hydrogen-bond acceptors (Lipinski definition) is 4. The van der Waals surface area contributed by atoms with Crippen LogP contribution in [-0.4, -0.2) is 45.2 Å². The Morgan fingerprint density at radius 3 is 2.88 bits per heavy atom. The Hall–Kier alpha value is -1.43. The first-order valence-electron chi connectivity index (χ1n) is 5.95. The molecule has 6 heteroatoms. The molecular formula is C11H21N5O. The van der Waals surface area contributed by atoms with Gasteiger partial charge >= 0.3 is 0 Å². The summed E-state index contributed by atoms with van der Waals surface area (Å²) in [6, 6.07) is -0.207. The highest BCUT2D eigenvalue weighted by molar-refractivity contribution is 5.81. The van der Waals surface area contributed by atoms with Crippen molar-refractivity contribution in [3.63, 3.8) is 0 Å². The Morgan fingerprint density at radius 1 is 1.59 bits per heavy atom. The summed E-state index contributed by atoms with van der Waals surface area (Å²) in [6.07, 6.45) is 1.53. The maximum absolute atomic E-state index is 11.8. The first kappa shape index (κ1) is 13.6. The number of nitrogens with zero attached hydrogens (tertiary/aromatic N) is 4. The number of rotatable bonds is 6. The van der Waals surface area contributed by atoms with Crippen molar-refractivity contribution in [2.45, 2.75) is 39.9 Å². The molecule has 1 aromatic heterocycles. The lowest BCUT2D eigenvalue weighted by Gasteiger charge is -2.20. The van der Waals surface area contributed by atoms with E-state index in [2.05, 4.69) is 15.4 Å². The van der Waals surface area contributed by atoms with Gasteiger partial charge in [0.1, 0.15) is 12.2 Å². The third kappa shape index (κ3) is 3.52. The Labute approximate surface area is 102 Å². The number of hydrogen-bond donors (Lipinski definition) is 1. The van der Waals surface area contributed by atoms with Crippen LogP contribution in [-0.2, 0) is 17.9 Å². The second-order valence-electron chi connectivity index (χ2n) is 3.95. The van der Waals surface area contributed by atoms with E-state index in [1.807, 2.05) is 25.5 Å². The molecule has 1 N–H and O–H groups in total. The van der Waals surface area contributed by atoms with Gasteiger partial charge in [0.05, 0.1) is 12.6 Å². The molecule has 1 rings (SSSR count). The molecule has 0 aliphatic rings. The van der Waals surface area contributed by atoms with Crippen LogP contribution in [0.5, 0.6) is 0 Å². The van der Waals surface area contributed by atoms with Gasteiger partial charge in [-0.25, -0.2) is 9.67 Å². The summed E-state index contributed by atoms with van der Waals surface area (Å²) in [6.45, 7) is 7.89. The summed E-state index contributed by atoms with van der Waals surface area (Å²) in [5.41, 5.74) is 0. The summed E-state index contributed by atoms with van der Waals surface area (Å²) >= 11 is 0. The Balaban J connectivity index is 2.48. The molecular weight excluding hydrogens is 218 g/mol. The number of nitrogens with one attached hydrogen (secondary N) is 1. The predicted octanol–water partition coefficient (Wildman–Crippen LogP) is 0.254. The second-order valence-corrected chi connectivity index (χ2v) is 3.95. The first-order valence-corrected chi connectivity index (χ1v) is 5.95. The van der Waals surface area contributed by atoms with Crippen LogP contribution >= 0.6 is 0 Å². The monoisotopic (exact) mass is 239 g/mol. The van der Waals surface area contributed by atoms with Crippen LogP contribution in [0, 0.1) is 0 Å². The Bertz CT molecular complexity index is 362. The van der Waals surface area contributed by atoms with Gasteiger partial charge in [0.25, 0.3) is 0 Å². The maximum Gasteiger partial charge on any atom is 0.239 e. The molecule has 0 radical (unpaired) electrons. The summed E-state index contributed by atoms with van der Waals surface area (Å²) in [5.74, 6) is 0.946. The van der Waals surface area contributed by atoms with Crippen LogP contribution in [0.4, 0.5) is 0 Å². The largest absolute Gasteiger partial charge is 0.345 e. The zero-order valence-corrected chi connectivity index (χ0v) is 11.0. The molecule has 6 nitrogen and oxygen atoms in total. The van der Waals surface area contributed by atoms with Crippen molar-refractivity contribution in [3.8, 4) is 0 Å². The van der Waals surface area contributed by atoms with Crippen molar-refractivity contribution in [2.75, 3.05) is 13.6 Å². The zero-order chi connectivity index (χ0) is 12.8. The Morgan fingerprint density at radius 2 is 2.29 bits per heavy atom. The van der Waals surface area contributed by atoms with Gasteiger partial charge in [-0.2, -0.15) is 5.10 Å². The average Bonchev–Trinajstić information content (AvgIpc) is 2.81. The highest BCUT2D eigenvalue weighted by atomic mass is 16.2. The third-order valence-electron chi connectivity index (χ3n) is 2.78. The van der Waals surface area contributed by atoms with Gasteiger partial charge in [0.15, 0.2) is 0 Å². The van der Waals surface area contributed by atoms with Gasteiger partial charge in [-0.1, -0.05) is 0 Å². The number of likely N-dealkylation sites (N-methyl/N-ethyl adjacent to an activating group) is 1. The molecule has 0 fully saturated rings. The first-order chi connectivity index (χ1) is 8.10. The molecule has 1 unspecified atom stereocenters. The smallest absolute Gasteiger partial charge is 0.239 e. The molecule has 0 aliphatic carbocycles. The maximum atomic E-state index is 11.8. The number of carbonyl (C=O) groups excluding carboxylic acids is 1. The normalized spacial score (nSPS) is 12.5. The van der Waals surface area contributed by atoms with E-state index < -0.39 is 0 Å². The van der Waals surface area contributed by atoms with Gasteiger partial charge in [-0.3, -0.25) is 10.1 Å². The van der Waals surface area contributed by atoms with Crippen LogP contribution in [0.15, 0.2) is 6.33 Å². The standard InChI is InChI=1S/C11H21N5O/c1-5-15(4)11(17)9(3)12-7-10-13-8-14-16(10)6-2/h8-9,12H,5-7H2,1-4H3. The fourth-order valence-electron chi connectivity index (χ4n) is 1.51. The summed E-state index contributed by atoms with van der Waals surface area (Å²) in [4.78, 5) is 17.7. The van der Waals surface area contributed by atoms with Gasteiger partial charge < -0.3 is 4.90 Å². The van der Waals surface area contributed by atoms with Crippen molar-refractivity contribution >= 4 is 5.91 Å². The molecule has 1 amide bonds. The fraction of sp³-hybridized carbons (Fsp3) is 0.727. The van der Waals surface area contributed by atoms with Crippen LogP contribution in [0.25, 0.3) is 0 Å². The molecule has 0 saturated heterocycles. The van der Waals surface area contributed by atoms with Crippen molar-refractivity contribution in [2.24, 2.45) is 0 Å². The van der Waals surface area contributed by atoms with Crippen LogP contribution < -0.4 is 5.32 Å². The average molecular weight is 239 g/mol. The van der Waals surface area contributed by atoms with Crippen molar-refractivity contribution < 1.29 is 4.79 Å². The minimum absolute atomic E-state index is 0.0927. The van der Waals surface area contributed by atoms with Crippen molar-refractivity contribution in [1.82, 2.24) is 25.0 Å². The van der Waals surface area contributed by atoms with Gasteiger partial charge in [0, 0.05) is 20.1 Å². The van der Waals surface area contributed by atoms with E-state index in [9.17, 15) is 4.79 Å². The highest BCUT2D eigenvalue weighted by Gasteiger charge is 2.16.